The van der Waals surface area contributed by atoms with E-state index in [-0.39, 0.29) is 5.91 Å². The van der Waals surface area contributed by atoms with Crippen molar-refractivity contribution in [2.45, 2.75) is 32.1 Å². The molecule has 4 heteroatoms. The topological polar surface area (TPSA) is 35.6 Å². The van der Waals surface area contributed by atoms with Crippen molar-refractivity contribution in [2.24, 2.45) is 0 Å². The molecule has 1 fully saturated rings. The Bertz CT molecular complexity index is 693. The van der Waals surface area contributed by atoms with Gasteiger partial charge in [0.25, 0.3) is 0 Å². The van der Waals surface area contributed by atoms with Crippen molar-refractivity contribution in [3.63, 3.8) is 0 Å². The van der Waals surface area contributed by atoms with Crippen LogP contribution in [0.25, 0.3) is 0 Å². The summed E-state index contributed by atoms with van der Waals surface area (Å²) in [6, 6.07) is 18.7. The summed E-state index contributed by atoms with van der Waals surface area (Å²) in [5, 5.41) is 3.01. The number of nitrogens with one attached hydrogen (secondary N) is 1. The Balaban J connectivity index is 1.39. The highest BCUT2D eigenvalue weighted by Crippen LogP contribution is 2.21. The zero-order valence-corrected chi connectivity index (χ0v) is 16.4. The van der Waals surface area contributed by atoms with E-state index < -0.39 is 0 Å². The predicted octanol–water partition coefficient (Wildman–Crippen LogP) is 4.18. The summed E-state index contributed by atoms with van der Waals surface area (Å²) < 4.78 is 0. The monoisotopic (exact) mass is 365 g/mol. The van der Waals surface area contributed by atoms with Crippen molar-refractivity contribution in [3.05, 3.63) is 60.2 Å². The average molecular weight is 366 g/mol. The molecule has 4 nitrogen and oxygen atoms in total. The minimum Gasteiger partial charge on any atom is -0.372 e. The number of nitrogens with zero attached hydrogens (tertiary/aromatic N) is 2. The Morgan fingerprint density at radius 1 is 1.00 bits per heavy atom. The van der Waals surface area contributed by atoms with Crippen LogP contribution in [0.4, 0.5) is 11.4 Å². The Hall–Kier alpha value is -2.33. The molecule has 27 heavy (non-hydrogen) atoms. The maximum Gasteiger partial charge on any atom is 0.238 e. The highest BCUT2D eigenvalue weighted by Gasteiger charge is 2.11. The zero-order chi connectivity index (χ0) is 18.9. The first-order valence-corrected chi connectivity index (χ1v) is 10.1. The first kappa shape index (κ1) is 19.4. The number of aryl methyl sites for hydroxylation is 1. The lowest BCUT2D eigenvalue weighted by molar-refractivity contribution is -0.117. The Labute approximate surface area is 163 Å². The van der Waals surface area contributed by atoms with Crippen molar-refractivity contribution in [1.29, 1.82) is 0 Å². The molecule has 0 aromatic heterocycles. The number of likely N-dealkylation sites (N-methyl/N-ethyl adjacent to an activating group) is 1. The van der Waals surface area contributed by atoms with Crippen LogP contribution in [0.3, 0.4) is 0 Å². The van der Waals surface area contributed by atoms with Gasteiger partial charge in [0.15, 0.2) is 0 Å². The third-order valence-corrected chi connectivity index (χ3v) is 5.13. The van der Waals surface area contributed by atoms with Crippen LogP contribution in [0, 0.1) is 0 Å². The third kappa shape index (κ3) is 6.40. The normalized spacial score (nSPS) is 14.4. The van der Waals surface area contributed by atoms with Crippen LogP contribution < -0.4 is 10.2 Å². The summed E-state index contributed by atoms with van der Waals surface area (Å²) in [4.78, 5) is 16.8. The quantitative estimate of drug-likeness (QED) is 0.762. The summed E-state index contributed by atoms with van der Waals surface area (Å²) in [5.41, 5.74) is 3.48. The van der Waals surface area contributed by atoms with Gasteiger partial charge in [-0.1, -0.05) is 30.3 Å². The zero-order valence-electron chi connectivity index (χ0n) is 16.4. The maximum absolute atomic E-state index is 12.3. The second-order valence-electron chi connectivity index (χ2n) is 7.47. The number of carbonyl (C=O) groups excluding carboxylic acids is 1. The third-order valence-electron chi connectivity index (χ3n) is 5.13. The van der Waals surface area contributed by atoms with Crippen LogP contribution in [-0.4, -0.2) is 44.0 Å². The number of anilines is 2. The Kier molecular flexibility index (Phi) is 7.28. The molecule has 3 rings (SSSR count). The van der Waals surface area contributed by atoms with Crippen molar-refractivity contribution >= 4 is 17.3 Å². The molecule has 0 spiro atoms. The van der Waals surface area contributed by atoms with Crippen molar-refractivity contribution in [3.8, 4) is 0 Å². The van der Waals surface area contributed by atoms with Gasteiger partial charge in [0, 0.05) is 24.5 Å². The van der Waals surface area contributed by atoms with E-state index in [1.165, 1.54) is 30.5 Å². The van der Waals surface area contributed by atoms with Crippen LogP contribution in [0.15, 0.2) is 54.6 Å². The number of carbonyl (C=O) groups is 1. The van der Waals surface area contributed by atoms with E-state index in [4.69, 9.17) is 0 Å². The fourth-order valence-corrected chi connectivity index (χ4v) is 3.63. The molecule has 1 aliphatic rings. The number of piperidine rings is 1. The molecular formula is C23H31N3O. The summed E-state index contributed by atoms with van der Waals surface area (Å²) in [7, 11) is 2.00. The first-order valence-electron chi connectivity index (χ1n) is 10.1. The van der Waals surface area contributed by atoms with Crippen LogP contribution in [0.2, 0.25) is 0 Å². The van der Waals surface area contributed by atoms with Gasteiger partial charge < -0.3 is 10.2 Å². The largest absolute Gasteiger partial charge is 0.372 e. The summed E-state index contributed by atoms with van der Waals surface area (Å²) in [5.74, 6) is 0.0444. The van der Waals surface area contributed by atoms with Crippen LogP contribution >= 0.6 is 0 Å². The molecule has 1 amide bonds. The van der Waals surface area contributed by atoms with E-state index >= 15 is 0 Å². The number of amides is 1. The van der Waals surface area contributed by atoms with Gasteiger partial charge in [-0.3, -0.25) is 9.69 Å². The molecular weight excluding hydrogens is 334 g/mol. The highest BCUT2D eigenvalue weighted by atomic mass is 16.2. The maximum atomic E-state index is 12.3. The molecule has 2 aromatic carbocycles. The second-order valence-corrected chi connectivity index (χ2v) is 7.47. The van der Waals surface area contributed by atoms with E-state index in [0.717, 1.165) is 38.2 Å². The molecule has 0 atom stereocenters. The molecule has 0 aliphatic carbocycles. The van der Waals surface area contributed by atoms with Crippen molar-refractivity contribution < 1.29 is 4.79 Å². The van der Waals surface area contributed by atoms with Gasteiger partial charge >= 0.3 is 0 Å². The van der Waals surface area contributed by atoms with Crippen LogP contribution in [-0.2, 0) is 11.2 Å². The van der Waals surface area contributed by atoms with E-state index in [2.05, 4.69) is 51.5 Å². The lowest BCUT2D eigenvalue weighted by Gasteiger charge is -2.28. The molecule has 0 saturated carbocycles. The van der Waals surface area contributed by atoms with E-state index in [1.807, 2.05) is 25.2 Å². The van der Waals surface area contributed by atoms with Gasteiger partial charge in [0.1, 0.15) is 0 Å². The fourth-order valence-electron chi connectivity index (χ4n) is 3.63. The highest BCUT2D eigenvalue weighted by molar-refractivity contribution is 5.92. The molecule has 1 saturated heterocycles. The van der Waals surface area contributed by atoms with Gasteiger partial charge in [-0.25, -0.2) is 0 Å². The minimum absolute atomic E-state index is 0.0444. The fraction of sp³-hybridized carbons (Fsp3) is 0.435. The molecule has 1 heterocycles. The van der Waals surface area contributed by atoms with Gasteiger partial charge in [0.2, 0.25) is 5.91 Å². The molecule has 0 unspecified atom stereocenters. The number of benzene rings is 2. The first-order chi connectivity index (χ1) is 13.2. The van der Waals surface area contributed by atoms with Gasteiger partial charge in [-0.15, -0.1) is 0 Å². The molecule has 0 bridgehead atoms. The van der Waals surface area contributed by atoms with Crippen LogP contribution in [0.5, 0.6) is 0 Å². The molecule has 144 valence electrons. The summed E-state index contributed by atoms with van der Waals surface area (Å²) in [6.45, 7) is 3.61. The van der Waals surface area contributed by atoms with Gasteiger partial charge in [-0.05, 0) is 75.5 Å². The lowest BCUT2D eigenvalue weighted by Crippen LogP contribution is -2.31. The van der Waals surface area contributed by atoms with Crippen molar-refractivity contribution in [1.82, 2.24) is 4.90 Å². The standard InChI is InChI=1S/C23H31N3O/c1-25(16-8-11-20-9-4-2-5-10-20)19-23(27)24-21-12-14-22(15-13-21)26-17-6-3-7-18-26/h2,4-5,9-10,12-15H,3,6-8,11,16-19H2,1H3,(H,24,27). The second kappa shape index (κ2) is 10.1. The molecule has 1 aliphatic heterocycles. The van der Waals surface area contributed by atoms with Gasteiger partial charge in [-0.2, -0.15) is 0 Å². The summed E-state index contributed by atoms with van der Waals surface area (Å²) >= 11 is 0. The number of hydrogen-bond donors (Lipinski definition) is 1. The number of hydrogen-bond acceptors (Lipinski definition) is 3. The Morgan fingerprint density at radius 3 is 2.41 bits per heavy atom. The average Bonchev–Trinajstić information content (AvgIpc) is 2.70. The van der Waals surface area contributed by atoms with Crippen molar-refractivity contribution in [2.75, 3.05) is 43.4 Å². The smallest absolute Gasteiger partial charge is 0.238 e. The summed E-state index contributed by atoms with van der Waals surface area (Å²) in [6.07, 6.45) is 5.98. The van der Waals surface area contributed by atoms with E-state index in [9.17, 15) is 4.79 Å². The Morgan fingerprint density at radius 2 is 1.70 bits per heavy atom. The minimum atomic E-state index is 0.0444. The molecule has 0 radical (unpaired) electrons. The molecule has 1 N–H and O–H groups in total. The predicted molar refractivity (Wildman–Crippen MR) is 113 cm³/mol. The number of rotatable bonds is 8. The van der Waals surface area contributed by atoms with E-state index in [1.54, 1.807) is 0 Å². The van der Waals surface area contributed by atoms with Gasteiger partial charge in [0.05, 0.1) is 6.54 Å². The van der Waals surface area contributed by atoms with E-state index in [0.29, 0.717) is 6.54 Å². The molecule has 2 aromatic rings. The SMILES string of the molecule is CN(CCCc1ccccc1)CC(=O)Nc1ccc(N2CCCCC2)cc1. The van der Waals surface area contributed by atoms with Crippen LogP contribution in [0.1, 0.15) is 31.2 Å². The lowest BCUT2D eigenvalue weighted by atomic mass is 10.1.